The molecule has 0 heterocycles. The average Bonchev–Trinajstić information content (AvgIpc) is 2.32. The molecule has 18 heavy (non-hydrogen) atoms. The fourth-order valence-corrected chi connectivity index (χ4v) is 1.99. The molecule has 0 aliphatic heterocycles. The van der Waals surface area contributed by atoms with Gasteiger partial charge in [-0.05, 0) is 54.8 Å². The van der Waals surface area contributed by atoms with Gasteiger partial charge in [0.15, 0.2) is 0 Å². The highest BCUT2D eigenvalue weighted by Gasteiger charge is 2.01. The van der Waals surface area contributed by atoms with Crippen LogP contribution < -0.4 is 5.32 Å². The van der Waals surface area contributed by atoms with Crippen molar-refractivity contribution in [1.82, 2.24) is 0 Å². The Morgan fingerprint density at radius 2 is 1.83 bits per heavy atom. The first-order valence-corrected chi connectivity index (χ1v) is 6.22. The summed E-state index contributed by atoms with van der Waals surface area (Å²) in [4.78, 5) is 0. The van der Waals surface area contributed by atoms with Crippen molar-refractivity contribution in [3.8, 4) is 5.75 Å². The average molecular weight is 262 g/mol. The normalized spacial score (nSPS) is 10.4. The second-order valence-corrected chi connectivity index (χ2v) is 4.84. The molecular formula is C15H16ClNO. The summed E-state index contributed by atoms with van der Waals surface area (Å²) in [5.41, 5.74) is 4.26. The number of halogens is 1. The third kappa shape index (κ3) is 2.96. The molecule has 0 radical (unpaired) electrons. The smallest absolute Gasteiger partial charge is 0.115 e. The second kappa shape index (κ2) is 5.32. The van der Waals surface area contributed by atoms with Crippen LogP contribution >= 0.6 is 11.6 Å². The van der Waals surface area contributed by atoms with E-state index >= 15 is 0 Å². The summed E-state index contributed by atoms with van der Waals surface area (Å²) in [6.45, 7) is 4.67. The number of nitrogens with one attached hydrogen (secondary N) is 1. The van der Waals surface area contributed by atoms with Crippen molar-refractivity contribution in [2.45, 2.75) is 20.4 Å². The van der Waals surface area contributed by atoms with Gasteiger partial charge in [-0.15, -0.1) is 0 Å². The Labute approximate surface area is 112 Å². The van der Waals surface area contributed by atoms with Gasteiger partial charge in [0.2, 0.25) is 0 Å². The first-order valence-electron chi connectivity index (χ1n) is 5.85. The lowest BCUT2D eigenvalue weighted by Gasteiger charge is -2.10. The molecule has 94 valence electrons. The Balaban J connectivity index is 2.09. The molecule has 2 N–H and O–H groups in total. The summed E-state index contributed by atoms with van der Waals surface area (Å²) in [6, 6.07) is 11.3. The molecule has 0 amide bonds. The molecule has 2 aromatic carbocycles. The summed E-state index contributed by atoms with van der Waals surface area (Å²) in [5, 5.41) is 13.5. The van der Waals surface area contributed by atoms with Crippen molar-refractivity contribution in [3.05, 3.63) is 58.1 Å². The Hall–Kier alpha value is -1.67. The number of aromatic hydroxyl groups is 1. The molecular weight excluding hydrogens is 246 g/mol. The van der Waals surface area contributed by atoms with E-state index in [1.54, 1.807) is 12.1 Å². The largest absolute Gasteiger partial charge is 0.508 e. The molecule has 3 heteroatoms. The number of anilines is 1. The van der Waals surface area contributed by atoms with Crippen LogP contribution in [0.5, 0.6) is 5.75 Å². The maximum absolute atomic E-state index is 9.34. The number of benzene rings is 2. The van der Waals surface area contributed by atoms with Crippen LogP contribution in [0, 0.1) is 13.8 Å². The van der Waals surface area contributed by atoms with Gasteiger partial charge in [-0.3, -0.25) is 0 Å². The van der Waals surface area contributed by atoms with E-state index in [1.807, 2.05) is 32.0 Å². The van der Waals surface area contributed by atoms with E-state index in [0.717, 1.165) is 27.4 Å². The van der Waals surface area contributed by atoms with E-state index in [9.17, 15) is 5.11 Å². The fourth-order valence-electron chi connectivity index (χ4n) is 1.79. The molecule has 0 bridgehead atoms. The molecule has 0 unspecified atom stereocenters. The zero-order valence-electron chi connectivity index (χ0n) is 10.5. The van der Waals surface area contributed by atoms with Gasteiger partial charge in [-0.1, -0.05) is 23.7 Å². The summed E-state index contributed by atoms with van der Waals surface area (Å²) in [6.07, 6.45) is 0. The minimum absolute atomic E-state index is 0.288. The zero-order valence-corrected chi connectivity index (χ0v) is 11.3. The van der Waals surface area contributed by atoms with E-state index in [4.69, 9.17) is 11.6 Å². The molecule has 0 fully saturated rings. The van der Waals surface area contributed by atoms with Crippen molar-refractivity contribution >= 4 is 17.3 Å². The molecule has 2 aromatic rings. The van der Waals surface area contributed by atoms with E-state index in [2.05, 4.69) is 11.4 Å². The van der Waals surface area contributed by atoms with Gasteiger partial charge in [-0.2, -0.15) is 0 Å². The predicted octanol–water partition coefficient (Wildman–Crippen LogP) is 4.27. The Morgan fingerprint density at radius 3 is 2.50 bits per heavy atom. The van der Waals surface area contributed by atoms with Crippen molar-refractivity contribution in [2.24, 2.45) is 0 Å². The third-order valence-electron chi connectivity index (χ3n) is 2.93. The zero-order chi connectivity index (χ0) is 13.1. The van der Waals surface area contributed by atoms with Crippen molar-refractivity contribution in [3.63, 3.8) is 0 Å². The van der Waals surface area contributed by atoms with E-state index in [0.29, 0.717) is 6.54 Å². The van der Waals surface area contributed by atoms with Gasteiger partial charge in [0.25, 0.3) is 0 Å². The van der Waals surface area contributed by atoms with E-state index < -0.39 is 0 Å². The van der Waals surface area contributed by atoms with Crippen molar-refractivity contribution in [1.29, 1.82) is 0 Å². The molecule has 2 rings (SSSR count). The lowest BCUT2D eigenvalue weighted by molar-refractivity contribution is 0.475. The van der Waals surface area contributed by atoms with Gasteiger partial charge in [0.05, 0.1) is 0 Å². The maximum Gasteiger partial charge on any atom is 0.115 e. The summed E-state index contributed by atoms with van der Waals surface area (Å²) >= 11 is 6.09. The van der Waals surface area contributed by atoms with Crippen LogP contribution in [-0.2, 0) is 6.54 Å². The predicted molar refractivity (Wildman–Crippen MR) is 76.4 cm³/mol. The molecule has 0 aliphatic rings. The molecule has 2 nitrogen and oxygen atoms in total. The number of aryl methyl sites for hydroxylation is 2. The minimum Gasteiger partial charge on any atom is -0.508 e. The number of phenols is 1. The summed E-state index contributed by atoms with van der Waals surface area (Å²) in [5.74, 6) is 0.288. The van der Waals surface area contributed by atoms with Crippen LogP contribution in [0.3, 0.4) is 0 Å². The standard InChI is InChI=1S/C15H16ClNO/c1-10-3-4-12(8-14(10)16)9-17-15-6-5-13(18)7-11(15)2/h3-8,17-18H,9H2,1-2H3. The van der Waals surface area contributed by atoms with Crippen molar-refractivity contribution < 1.29 is 5.11 Å². The van der Waals surface area contributed by atoms with E-state index in [1.165, 1.54) is 0 Å². The van der Waals surface area contributed by atoms with Gasteiger partial charge in [-0.25, -0.2) is 0 Å². The van der Waals surface area contributed by atoms with Crippen LogP contribution in [0.25, 0.3) is 0 Å². The monoisotopic (exact) mass is 261 g/mol. The van der Waals surface area contributed by atoms with Gasteiger partial charge in [0.1, 0.15) is 5.75 Å². The minimum atomic E-state index is 0.288. The van der Waals surface area contributed by atoms with Crippen LogP contribution in [-0.4, -0.2) is 5.11 Å². The van der Waals surface area contributed by atoms with Crippen molar-refractivity contribution in [2.75, 3.05) is 5.32 Å². The van der Waals surface area contributed by atoms with E-state index in [-0.39, 0.29) is 5.75 Å². The number of phenolic OH excluding ortho intramolecular Hbond substituents is 1. The van der Waals surface area contributed by atoms with Crippen LogP contribution in [0.1, 0.15) is 16.7 Å². The Morgan fingerprint density at radius 1 is 1.06 bits per heavy atom. The Bertz CT molecular complexity index is 566. The lowest BCUT2D eigenvalue weighted by atomic mass is 10.1. The number of hydrogen-bond acceptors (Lipinski definition) is 2. The van der Waals surface area contributed by atoms with Gasteiger partial charge >= 0.3 is 0 Å². The maximum atomic E-state index is 9.34. The third-order valence-corrected chi connectivity index (χ3v) is 3.34. The molecule has 0 saturated carbocycles. The SMILES string of the molecule is Cc1ccc(CNc2ccc(O)cc2C)cc1Cl. The molecule has 0 spiro atoms. The molecule has 0 aliphatic carbocycles. The molecule has 0 aromatic heterocycles. The van der Waals surface area contributed by atoms with Crippen LogP contribution in [0.2, 0.25) is 5.02 Å². The highest BCUT2D eigenvalue weighted by molar-refractivity contribution is 6.31. The first kappa shape index (κ1) is 12.8. The Kier molecular flexibility index (Phi) is 3.78. The van der Waals surface area contributed by atoms with Gasteiger partial charge < -0.3 is 10.4 Å². The summed E-state index contributed by atoms with van der Waals surface area (Å²) < 4.78 is 0. The quantitative estimate of drug-likeness (QED) is 0.809. The van der Waals surface area contributed by atoms with Crippen LogP contribution in [0.4, 0.5) is 5.69 Å². The lowest BCUT2D eigenvalue weighted by Crippen LogP contribution is -2.01. The van der Waals surface area contributed by atoms with Crippen LogP contribution in [0.15, 0.2) is 36.4 Å². The molecule has 0 atom stereocenters. The highest BCUT2D eigenvalue weighted by Crippen LogP contribution is 2.22. The topological polar surface area (TPSA) is 32.3 Å². The van der Waals surface area contributed by atoms with Gasteiger partial charge in [0, 0.05) is 17.3 Å². The summed E-state index contributed by atoms with van der Waals surface area (Å²) in [7, 11) is 0. The number of rotatable bonds is 3. The molecule has 0 saturated heterocycles. The number of hydrogen-bond donors (Lipinski definition) is 2. The fraction of sp³-hybridized carbons (Fsp3) is 0.200. The second-order valence-electron chi connectivity index (χ2n) is 4.44. The highest BCUT2D eigenvalue weighted by atomic mass is 35.5. The first-order chi connectivity index (χ1) is 8.56.